The highest BCUT2D eigenvalue weighted by Crippen LogP contribution is 2.33. The quantitative estimate of drug-likeness (QED) is 0.621. The molecule has 31 heavy (non-hydrogen) atoms. The molecule has 2 aromatic heterocycles. The third-order valence-corrected chi connectivity index (χ3v) is 6.91. The molecule has 0 unspecified atom stereocenters. The number of sulfone groups is 1. The number of hydrogen-bond donors (Lipinski definition) is 0. The molecule has 1 fully saturated rings. The van der Waals surface area contributed by atoms with Crippen molar-refractivity contribution in [2.45, 2.75) is 56.4 Å². The van der Waals surface area contributed by atoms with Crippen LogP contribution in [-0.2, 0) is 26.5 Å². The number of amides is 1. The molecule has 164 valence electrons. The van der Waals surface area contributed by atoms with E-state index < -0.39 is 9.84 Å². The number of hydrogen-bond acceptors (Lipinski definition) is 5. The molecular weight excluding hydrogens is 412 g/mol. The third-order valence-electron chi connectivity index (χ3n) is 5.78. The van der Waals surface area contributed by atoms with E-state index in [1.807, 2.05) is 21.5 Å². The molecule has 1 saturated heterocycles. The summed E-state index contributed by atoms with van der Waals surface area (Å²) < 4.78 is 25.2. The average Bonchev–Trinajstić information content (AvgIpc) is 3.34. The van der Waals surface area contributed by atoms with Gasteiger partial charge in [0.05, 0.1) is 28.7 Å². The lowest BCUT2D eigenvalue weighted by Crippen LogP contribution is -2.32. The number of rotatable bonds is 4. The predicted molar refractivity (Wildman–Crippen MR) is 119 cm³/mol. The molecule has 0 spiro atoms. The van der Waals surface area contributed by atoms with Crippen LogP contribution in [0.2, 0.25) is 0 Å². The Morgan fingerprint density at radius 2 is 1.87 bits per heavy atom. The van der Waals surface area contributed by atoms with E-state index in [-0.39, 0.29) is 28.7 Å². The van der Waals surface area contributed by atoms with E-state index in [4.69, 9.17) is 5.10 Å². The standard InChI is InChI=1S/C23H28N4O3S/c1-23(2,3)20-15-21-24-12-11-19(27(21)25-20)18-6-5-13-26(18)22(28)14-16-7-9-17(10-8-16)31(4,29)30/h7-12,15,18H,5-6,13-14H2,1-4H3/t18-/m0/s1. The minimum atomic E-state index is -3.25. The molecule has 4 rings (SSSR count). The van der Waals surface area contributed by atoms with Crippen LogP contribution in [0, 0.1) is 0 Å². The van der Waals surface area contributed by atoms with E-state index in [0.717, 1.165) is 35.4 Å². The molecule has 1 aliphatic heterocycles. The van der Waals surface area contributed by atoms with Crippen LogP contribution in [0.4, 0.5) is 0 Å². The van der Waals surface area contributed by atoms with Crippen LogP contribution in [-0.4, -0.2) is 46.6 Å². The van der Waals surface area contributed by atoms with Gasteiger partial charge < -0.3 is 4.90 Å². The normalized spacial score (nSPS) is 17.4. The van der Waals surface area contributed by atoms with Crippen LogP contribution >= 0.6 is 0 Å². The first-order valence-corrected chi connectivity index (χ1v) is 12.4. The van der Waals surface area contributed by atoms with E-state index in [2.05, 4.69) is 25.8 Å². The Hall–Kier alpha value is -2.74. The molecule has 1 aromatic carbocycles. The highest BCUT2D eigenvalue weighted by molar-refractivity contribution is 7.90. The molecule has 0 aliphatic carbocycles. The maximum absolute atomic E-state index is 13.1. The van der Waals surface area contributed by atoms with Gasteiger partial charge in [-0.1, -0.05) is 32.9 Å². The molecule has 3 aromatic rings. The Morgan fingerprint density at radius 3 is 2.52 bits per heavy atom. The largest absolute Gasteiger partial charge is 0.334 e. The van der Waals surface area contributed by atoms with Gasteiger partial charge in [0.15, 0.2) is 15.5 Å². The second-order valence-corrected chi connectivity index (χ2v) is 11.3. The molecule has 0 saturated carbocycles. The van der Waals surface area contributed by atoms with Crippen LogP contribution in [0.5, 0.6) is 0 Å². The van der Waals surface area contributed by atoms with Gasteiger partial charge in [0, 0.05) is 30.5 Å². The van der Waals surface area contributed by atoms with E-state index in [1.54, 1.807) is 30.5 Å². The minimum Gasteiger partial charge on any atom is -0.334 e. The van der Waals surface area contributed by atoms with Gasteiger partial charge in [-0.25, -0.2) is 17.9 Å². The van der Waals surface area contributed by atoms with Crippen LogP contribution < -0.4 is 0 Å². The summed E-state index contributed by atoms with van der Waals surface area (Å²) in [6.45, 7) is 7.06. The highest BCUT2D eigenvalue weighted by Gasteiger charge is 2.32. The first-order valence-electron chi connectivity index (χ1n) is 10.5. The smallest absolute Gasteiger partial charge is 0.227 e. The van der Waals surface area contributed by atoms with Crippen molar-refractivity contribution in [2.24, 2.45) is 0 Å². The van der Waals surface area contributed by atoms with Crippen molar-refractivity contribution < 1.29 is 13.2 Å². The highest BCUT2D eigenvalue weighted by atomic mass is 32.2. The Bertz CT molecular complexity index is 1220. The van der Waals surface area contributed by atoms with Crippen molar-refractivity contribution in [3.05, 3.63) is 59.5 Å². The van der Waals surface area contributed by atoms with Gasteiger partial charge in [0.1, 0.15) is 0 Å². The number of aromatic nitrogens is 3. The number of carbonyl (C=O) groups is 1. The summed E-state index contributed by atoms with van der Waals surface area (Å²) in [6, 6.07) is 10.5. The first kappa shape index (κ1) is 21.5. The summed E-state index contributed by atoms with van der Waals surface area (Å²) in [5.41, 5.74) is 3.44. The molecular formula is C23H28N4O3S. The number of fused-ring (bicyclic) bond motifs is 1. The number of carbonyl (C=O) groups excluding carboxylic acids is 1. The van der Waals surface area contributed by atoms with Gasteiger partial charge in [-0.2, -0.15) is 5.10 Å². The van der Waals surface area contributed by atoms with Crippen molar-refractivity contribution in [1.82, 2.24) is 19.5 Å². The maximum atomic E-state index is 13.1. The van der Waals surface area contributed by atoms with E-state index >= 15 is 0 Å². The fourth-order valence-corrected chi connectivity index (χ4v) is 4.67. The zero-order valence-corrected chi connectivity index (χ0v) is 19.2. The zero-order chi connectivity index (χ0) is 22.4. The molecule has 0 bridgehead atoms. The Labute approximate surface area is 183 Å². The molecule has 0 radical (unpaired) electrons. The first-order chi connectivity index (χ1) is 14.5. The summed E-state index contributed by atoms with van der Waals surface area (Å²) in [6.07, 6.45) is 5.01. The maximum Gasteiger partial charge on any atom is 0.227 e. The molecule has 1 aliphatic rings. The summed E-state index contributed by atoms with van der Waals surface area (Å²) in [5, 5.41) is 4.80. The summed E-state index contributed by atoms with van der Waals surface area (Å²) in [5.74, 6) is 0.0303. The third kappa shape index (κ3) is 4.35. The van der Waals surface area contributed by atoms with Gasteiger partial charge >= 0.3 is 0 Å². The molecule has 3 heterocycles. The van der Waals surface area contributed by atoms with Crippen LogP contribution in [0.3, 0.4) is 0 Å². The molecule has 0 N–H and O–H groups in total. The molecule has 1 atom stereocenters. The van der Waals surface area contributed by atoms with E-state index in [1.165, 1.54) is 6.26 Å². The Balaban J connectivity index is 1.59. The summed E-state index contributed by atoms with van der Waals surface area (Å²) >= 11 is 0. The van der Waals surface area contributed by atoms with Crippen molar-refractivity contribution in [3.8, 4) is 0 Å². The number of likely N-dealkylation sites (tertiary alicyclic amines) is 1. The monoisotopic (exact) mass is 440 g/mol. The minimum absolute atomic E-state index is 0.0303. The van der Waals surface area contributed by atoms with Crippen molar-refractivity contribution in [1.29, 1.82) is 0 Å². The van der Waals surface area contributed by atoms with Crippen LogP contribution in [0.25, 0.3) is 5.65 Å². The molecule has 7 nitrogen and oxygen atoms in total. The Kier molecular flexibility index (Phi) is 5.37. The molecule has 8 heteroatoms. The van der Waals surface area contributed by atoms with Gasteiger partial charge in [-0.15, -0.1) is 0 Å². The predicted octanol–water partition coefficient (Wildman–Crippen LogP) is 3.34. The van der Waals surface area contributed by atoms with Crippen LogP contribution in [0.15, 0.2) is 47.5 Å². The van der Waals surface area contributed by atoms with Crippen molar-refractivity contribution in [2.75, 3.05) is 12.8 Å². The lowest BCUT2D eigenvalue weighted by molar-refractivity contribution is -0.131. The van der Waals surface area contributed by atoms with Gasteiger partial charge in [-0.3, -0.25) is 4.79 Å². The van der Waals surface area contributed by atoms with Gasteiger partial charge in [0.25, 0.3) is 0 Å². The number of benzene rings is 1. The lowest BCUT2D eigenvalue weighted by Gasteiger charge is -2.25. The second-order valence-electron chi connectivity index (χ2n) is 9.26. The lowest BCUT2D eigenvalue weighted by atomic mass is 9.93. The summed E-state index contributed by atoms with van der Waals surface area (Å²) in [4.78, 5) is 19.8. The van der Waals surface area contributed by atoms with Crippen molar-refractivity contribution in [3.63, 3.8) is 0 Å². The van der Waals surface area contributed by atoms with E-state index in [9.17, 15) is 13.2 Å². The fourth-order valence-electron chi connectivity index (χ4n) is 4.04. The molecule has 1 amide bonds. The topological polar surface area (TPSA) is 84.6 Å². The zero-order valence-electron chi connectivity index (χ0n) is 18.4. The van der Waals surface area contributed by atoms with E-state index in [0.29, 0.717) is 6.54 Å². The van der Waals surface area contributed by atoms with Gasteiger partial charge in [-0.05, 0) is 36.6 Å². The fraction of sp³-hybridized carbons (Fsp3) is 0.435. The Morgan fingerprint density at radius 1 is 1.16 bits per heavy atom. The van der Waals surface area contributed by atoms with Crippen molar-refractivity contribution >= 4 is 21.4 Å². The number of nitrogens with zero attached hydrogens (tertiary/aromatic N) is 4. The SMILES string of the molecule is CC(C)(C)c1cc2nccc([C@@H]3CCCN3C(=O)Cc3ccc(S(C)(=O)=O)cc3)n2n1. The second kappa shape index (κ2) is 7.75. The van der Waals surface area contributed by atoms with Gasteiger partial charge in [0.2, 0.25) is 5.91 Å². The van der Waals surface area contributed by atoms with Crippen LogP contribution in [0.1, 0.15) is 56.6 Å². The average molecular weight is 441 g/mol. The summed E-state index contributed by atoms with van der Waals surface area (Å²) in [7, 11) is -3.25.